The molecule has 0 atom stereocenters. The Kier molecular flexibility index (Phi) is 5.12. The number of likely N-dealkylation sites (N-methyl/N-ethyl adjacent to an activating group) is 1. The number of aryl methyl sites for hydroxylation is 1. The first-order valence-corrected chi connectivity index (χ1v) is 7.49. The van der Waals surface area contributed by atoms with Crippen LogP contribution in [0.2, 0.25) is 0 Å². The van der Waals surface area contributed by atoms with Gasteiger partial charge < -0.3 is 4.90 Å². The molecule has 0 aliphatic heterocycles. The Morgan fingerprint density at radius 1 is 1.19 bits per heavy atom. The summed E-state index contributed by atoms with van der Waals surface area (Å²) in [5.74, 6) is -0.322. The lowest BCUT2D eigenvalue weighted by Gasteiger charge is -2.18. The van der Waals surface area contributed by atoms with Crippen LogP contribution in [0.5, 0.6) is 0 Å². The van der Waals surface area contributed by atoms with Gasteiger partial charge in [0.1, 0.15) is 5.82 Å². The molecule has 0 spiro atoms. The molecule has 2 nitrogen and oxygen atoms in total. The molecule has 2 aromatic carbocycles. The Morgan fingerprint density at radius 2 is 1.90 bits per heavy atom. The number of benzene rings is 2. The van der Waals surface area contributed by atoms with E-state index in [1.54, 1.807) is 24.1 Å². The molecule has 0 aliphatic carbocycles. The van der Waals surface area contributed by atoms with E-state index in [9.17, 15) is 9.18 Å². The van der Waals surface area contributed by atoms with Crippen LogP contribution < -0.4 is 0 Å². The summed E-state index contributed by atoms with van der Waals surface area (Å²) >= 11 is 3.32. The molecule has 0 fully saturated rings. The van der Waals surface area contributed by atoms with Crippen LogP contribution >= 0.6 is 15.9 Å². The van der Waals surface area contributed by atoms with Crippen LogP contribution in [0, 0.1) is 12.7 Å². The Labute approximate surface area is 132 Å². The van der Waals surface area contributed by atoms with E-state index >= 15 is 0 Å². The highest BCUT2D eigenvalue weighted by Gasteiger charge is 2.13. The van der Waals surface area contributed by atoms with E-state index in [1.807, 2.05) is 31.2 Å². The summed E-state index contributed by atoms with van der Waals surface area (Å²) in [4.78, 5) is 13.8. The third-order valence-electron chi connectivity index (χ3n) is 3.44. The monoisotopic (exact) mass is 349 g/mol. The minimum absolute atomic E-state index is 0.0244. The quantitative estimate of drug-likeness (QED) is 0.813. The van der Waals surface area contributed by atoms with E-state index in [4.69, 9.17) is 0 Å². The lowest BCUT2D eigenvalue weighted by Crippen LogP contribution is -2.28. The Hall–Kier alpha value is -1.68. The van der Waals surface area contributed by atoms with Crippen molar-refractivity contribution in [3.05, 3.63) is 69.4 Å². The molecular formula is C17H17BrFNO. The fourth-order valence-electron chi connectivity index (χ4n) is 2.11. The van der Waals surface area contributed by atoms with Gasteiger partial charge in [-0.3, -0.25) is 4.79 Å². The van der Waals surface area contributed by atoms with Gasteiger partial charge in [0.2, 0.25) is 5.91 Å². The summed E-state index contributed by atoms with van der Waals surface area (Å²) in [5, 5.41) is 0. The van der Waals surface area contributed by atoms with E-state index in [0.29, 0.717) is 12.0 Å². The van der Waals surface area contributed by atoms with Crippen molar-refractivity contribution in [3.8, 4) is 0 Å². The van der Waals surface area contributed by atoms with Gasteiger partial charge >= 0.3 is 0 Å². The summed E-state index contributed by atoms with van der Waals surface area (Å²) < 4.78 is 14.5. The number of rotatable bonds is 4. The van der Waals surface area contributed by atoms with Gasteiger partial charge in [0.15, 0.2) is 0 Å². The van der Waals surface area contributed by atoms with Crippen LogP contribution in [0.4, 0.5) is 4.39 Å². The average Bonchev–Trinajstić information content (AvgIpc) is 2.45. The molecule has 0 saturated carbocycles. The maximum atomic E-state index is 13.7. The van der Waals surface area contributed by atoms with Crippen molar-refractivity contribution >= 4 is 21.8 Å². The van der Waals surface area contributed by atoms with Crippen molar-refractivity contribution in [3.63, 3.8) is 0 Å². The molecule has 0 aromatic heterocycles. The molecule has 21 heavy (non-hydrogen) atoms. The Morgan fingerprint density at radius 3 is 2.62 bits per heavy atom. The first kappa shape index (κ1) is 15.7. The Bertz CT molecular complexity index is 657. The summed E-state index contributed by atoms with van der Waals surface area (Å²) in [5.41, 5.74) is 2.60. The second-order valence-corrected chi connectivity index (χ2v) is 6.00. The number of hydrogen-bond acceptors (Lipinski definition) is 1. The highest BCUT2D eigenvalue weighted by molar-refractivity contribution is 9.10. The van der Waals surface area contributed by atoms with Gasteiger partial charge in [0.05, 0.1) is 6.42 Å². The largest absolute Gasteiger partial charge is 0.341 e. The molecule has 1 amide bonds. The predicted molar refractivity (Wildman–Crippen MR) is 85.5 cm³/mol. The molecule has 110 valence electrons. The molecule has 2 rings (SSSR count). The number of nitrogens with zero attached hydrogens (tertiary/aromatic N) is 1. The normalized spacial score (nSPS) is 10.5. The number of carbonyl (C=O) groups is 1. The van der Waals surface area contributed by atoms with E-state index < -0.39 is 0 Å². The van der Waals surface area contributed by atoms with Crippen LogP contribution in [0.25, 0.3) is 0 Å². The van der Waals surface area contributed by atoms with Crippen LogP contribution in [0.1, 0.15) is 16.7 Å². The topological polar surface area (TPSA) is 20.3 Å². The standard InChI is InChI=1S/C17H17BrFNO/c1-12-5-3-4-6-13(12)10-17(21)20(2)11-14-9-15(18)7-8-16(14)19/h3-9H,10-11H2,1-2H3. The fourth-order valence-corrected chi connectivity index (χ4v) is 2.52. The maximum absolute atomic E-state index is 13.7. The molecule has 2 aromatic rings. The Balaban J connectivity index is 2.06. The van der Waals surface area contributed by atoms with Crippen LogP contribution in [-0.4, -0.2) is 17.9 Å². The van der Waals surface area contributed by atoms with E-state index in [2.05, 4.69) is 15.9 Å². The van der Waals surface area contributed by atoms with Crippen molar-refractivity contribution in [2.75, 3.05) is 7.05 Å². The van der Waals surface area contributed by atoms with Gasteiger partial charge in [-0.05, 0) is 36.2 Å². The molecule has 0 N–H and O–H groups in total. The molecule has 0 saturated heterocycles. The molecular weight excluding hydrogens is 333 g/mol. The van der Waals surface area contributed by atoms with Gasteiger partial charge in [-0.15, -0.1) is 0 Å². The predicted octanol–water partition coefficient (Wildman–Crippen LogP) is 4.10. The SMILES string of the molecule is Cc1ccccc1CC(=O)N(C)Cc1cc(Br)ccc1F. The molecule has 0 heterocycles. The molecule has 0 bridgehead atoms. The van der Waals surface area contributed by atoms with Crippen molar-refractivity contribution in [1.82, 2.24) is 4.90 Å². The zero-order valence-corrected chi connectivity index (χ0v) is 13.7. The number of hydrogen-bond donors (Lipinski definition) is 0. The highest BCUT2D eigenvalue weighted by Crippen LogP contribution is 2.17. The third-order valence-corrected chi connectivity index (χ3v) is 3.94. The van der Waals surface area contributed by atoms with Crippen molar-refractivity contribution < 1.29 is 9.18 Å². The van der Waals surface area contributed by atoms with Gasteiger partial charge in [-0.1, -0.05) is 40.2 Å². The van der Waals surface area contributed by atoms with Gasteiger partial charge in [-0.25, -0.2) is 4.39 Å². The first-order chi connectivity index (χ1) is 9.97. The lowest BCUT2D eigenvalue weighted by atomic mass is 10.1. The highest BCUT2D eigenvalue weighted by atomic mass is 79.9. The zero-order chi connectivity index (χ0) is 15.4. The zero-order valence-electron chi connectivity index (χ0n) is 12.1. The summed E-state index contributed by atoms with van der Waals surface area (Å²) in [6.07, 6.45) is 0.332. The maximum Gasteiger partial charge on any atom is 0.227 e. The minimum atomic E-state index is -0.297. The van der Waals surface area contributed by atoms with Crippen LogP contribution in [0.15, 0.2) is 46.9 Å². The minimum Gasteiger partial charge on any atom is -0.341 e. The first-order valence-electron chi connectivity index (χ1n) is 6.70. The van der Waals surface area contributed by atoms with Crippen LogP contribution in [0.3, 0.4) is 0 Å². The van der Waals surface area contributed by atoms with Gasteiger partial charge in [-0.2, -0.15) is 0 Å². The molecule has 4 heteroatoms. The van der Waals surface area contributed by atoms with E-state index in [1.165, 1.54) is 6.07 Å². The van der Waals surface area contributed by atoms with E-state index in [0.717, 1.165) is 15.6 Å². The fraction of sp³-hybridized carbons (Fsp3) is 0.235. The van der Waals surface area contributed by atoms with Crippen molar-refractivity contribution in [2.24, 2.45) is 0 Å². The second kappa shape index (κ2) is 6.85. The van der Waals surface area contributed by atoms with Gasteiger partial charge in [0, 0.05) is 23.6 Å². The number of carbonyl (C=O) groups excluding carboxylic acids is 1. The van der Waals surface area contributed by atoms with Crippen molar-refractivity contribution in [2.45, 2.75) is 19.9 Å². The lowest BCUT2D eigenvalue weighted by molar-refractivity contribution is -0.129. The second-order valence-electron chi connectivity index (χ2n) is 5.09. The molecule has 0 aliphatic rings. The van der Waals surface area contributed by atoms with Crippen LogP contribution in [-0.2, 0) is 17.8 Å². The average molecular weight is 350 g/mol. The summed E-state index contributed by atoms with van der Waals surface area (Å²) in [6, 6.07) is 12.5. The van der Waals surface area contributed by atoms with E-state index in [-0.39, 0.29) is 18.3 Å². The van der Waals surface area contributed by atoms with Gasteiger partial charge in [0.25, 0.3) is 0 Å². The van der Waals surface area contributed by atoms with Crippen molar-refractivity contribution in [1.29, 1.82) is 0 Å². The third kappa shape index (κ3) is 4.14. The molecule has 0 radical (unpaired) electrons. The summed E-state index contributed by atoms with van der Waals surface area (Å²) in [6.45, 7) is 2.24. The number of amides is 1. The smallest absolute Gasteiger partial charge is 0.227 e. The summed E-state index contributed by atoms with van der Waals surface area (Å²) in [7, 11) is 1.70. The number of halogens is 2. The molecule has 0 unspecified atom stereocenters.